The van der Waals surface area contributed by atoms with Crippen LogP contribution in [0.1, 0.15) is 27.8 Å². The molecular weight excluding hydrogens is 392 g/mol. The van der Waals surface area contributed by atoms with Crippen molar-refractivity contribution in [1.82, 2.24) is 9.78 Å². The van der Waals surface area contributed by atoms with E-state index in [4.69, 9.17) is 10.5 Å². The molecule has 3 rings (SSSR count). The van der Waals surface area contributed by atoms with Gasteiger partial charge in [-0.05, 0) is 42.7 Å². The van der Waals surface area contributed by atoms with Gasteiger partial charge in [-0.1, -0.05) is 51.8 Å². The third-order valence-corrected chi connectivity index (χ3v) is 4.71. The van der Waals surface area contributed by atoms with E-state index in [2.05, 4.69) is 40.1 Å². The van der Waals surface area contributed by atoms with Gasteiger partial charge in [0.15, 0.2) is 5.56 Å². The van der Waals surface area contributed by atoms with Gasteiger partial charge in [0.1, 0.15) is 18.5 Å². The summed E-state index contributed by atoms with van der Waals surface area (Å²) < 4.78 is 8.41. The van der Waals surface area contributed by atoms with Crippen molar-refractivity contribution in [3.63, 3.8) is 0 Å². The molecule has 0 aliphatic rings. The number of hydrogen-bond donors (Lipinski definition) is 1. The van der Waals surface area contributed by atoms with Gasteiger partial charge in [-0.25, -0.2) is 4.68 Å². The molecule has 0 aliphatic carbocycles. The Balaban J connectivity index is 1.81. The number of aromatic nitrogens is 2. The van der Waals surface area contributed by atoms with Crippen LogP contribution >= 0.6 is 15.9 Å². The molecule has 1 heterocycles. The number of rotatable bonds is 5. The third kappa shape index (κ3) is 3.89. The van der Waals surface area contributed by atoms with Gasteiger partial charge in [0.2, 0.25) is 0 Å². The lowest BCUT2D eigenvalue weighted by Gasteiger charge is -2.07. The fraction of sp³-hybridized carbons (Fsp3) is 0.200. The molecule has 0 fully saturated rings. The first-order valence-electron chi connectivity index (χ1n) is 8.17. The molecular formula is C20H19BrN4O. The number of nitriles is 1. The van der Waals surface area contributed by atoms with Crippen molar-refractivity contribution >= 4 is 21.7 Å². The normalized spacial score (nSPS) is 10.5. The van der Waals surface area contributed by atoms with Gasteiger partial charge in [0, 0.05) is 4.47 Å². The van der Waals surface area contributed by atoms with E-state index in [1.165, 1.54) is 5.56 Å². The largest absolute Gasteiger partial charge is 0.471 e. The summed E-state index contributed by atoms with van der Waals surface area (Å²) in [4.78, 5) is 0. The van der Waals surface area contributed by atoms with Gasteiger partial charge in [-0.2, -0.15) is 5.26 Å². The van der Waals surface area contributed by atoms with Gasteiger partial charge >= 0.3 is 0 Å². The number of benzene rings is 2. The monoisotopic (exact) mass is 410 g/mol. The van der Waals surface area contributed by atoms with Crippen molar-refractivity contribution in [3.8, 4) is 11.9 Å². The number of ether oxygens (including phenoxy) is 1. The first-order chi connectivity index (χ1) is 12.5. The smallest absolute Gasteiger partial charge is 0.253 e. The summed E-state index contributed by atoms with van der Waals surface area (Å²) in [6, 6.07) is 16.1. The molecule has 1 aromatic heterocycles. The van der Waals surface area contributed by atoms with E-state index in [9.17, 15) is 5.26 Å². The lowest BCUT2D eigenvalue weighted by atomic mass is 10.1. The summed E-state index contributed by atoms with van der Waals surface area (Å²) in [7, 11) is 0. The van der Waals surface area contributed by atoms with E-state index in [1.54, 1.807) is 4.68 Å². The highest BCUT2D eigenvalue weighted by Crippen LogP contribution is 2.25. The molecule has 0 aliphatic heterocycles. The summed E-state index contributed by atoms with van der Waals surface area (Å²) in [6.45, 7) is 4.91. The number of nitrogens with two attached hydrogens (primary N) is 1. The second-order valence-corrected chi connectivity index (χ2v) is 7.10. The highest BCUT2D eigenvalue weighted by Gasteiger charge is 2.17. The summed E-state index contributed by atoms with van der Waals surface area (Å²) in [5, 5.41) is 13.8. The highest BCUT2D eigenvalue weighted by atomic mass is 79.9. The number of hydrogen-bond acceptors (Lipinski definition) is 4. The number of nitrogen functional groups attached to an aromatic ring is 1. The molecule has 2 aromatic carbocycles. The maximum Gasteiger partial charge on any atom is 0.253 e. The van der Waals surface area contributed by atoms with Crippen LogP contribution in [0.5, 0.6) is 5.88 Å². The third-order valence-electron chi connectivity index (χ3n) is 4.18. The van der Waals surface area contributed by atoms with E-state index < -0.39 is 0 Å². The molecule has 132 valence electrons. The SMILES string of the molecule is Cc1ccc(COc2nn(Cc3ccc(Br)cc3)c(N)c2C#N)c(C)c1. The Bertz CT molecular complexity index is 971. The van der Waals surface area contributed by atoms with Crippen LogP contribution in [0.25, 0.3) is 0 Å². The lowest BCUT2D eigenvalue weighted by molar-refractivity contribution is 0.288. The maximum atomic E-state index is 9.43. The van der Waals surface area contributed by atoms with E-state index in [0.717, 1.165) is 21.2 Å². The molecule has 0 spiro atoms. The quantitative estimate of drug-likeness (QED) is 0.678. The van der Waals surface area contributed by atoms with Gasteiger partial charge in [0.05, 0.1) is 6.54 Å². The predicted octanol–water partition coefficient (Wildman–Crippen LogP) is 4.34. The Labute approximate surface area is 161 Å². The van der Waals surface area contributed by atoms with Crippen molar-refractivity contribution in [3.05, 3.63) is 74.8 Å². The topological polar surface area (TPSA) is 76.9 Å². The van der Waals surface area contributed by atoms with Gasteiger partial charge in [-0.15, -0.1) is 5.10 Å². The molecule has 0 bridgehead atoms. The van der Waals surface area contributed by atoms with Gasteiger partial charge in [-0.3, -0.25) is 0 Å². The number of anilines is 1. The Hall–Kier alpha value is -2.78. The average molecular weight is 411 g/mol. The molecule has 6 heteroatoms. The van der Waals surface area contributed by atoms with E-state index >= 15 is 0 Å². The van der Waals surface area contributed by atoms with E-state index in [1.807, 2.05) is 43.3 Å². The first kappa shape index (κ1) is 18.0. The van der Waals surface area contributed by atoms with Gasteiger partial charge < -0.3 is 10.5 Å². The summed E-state index contributed by atoms with van der Waals surface area (Å²) in [5.41, 5.74) is 10.8. The molecule has 3 aromatic rings. The minimum Gasteiger partial charge on any atom is -0.471 e. The first-order valence-corrected chi connectivity index (χ1v) is 8.97. The van der Waals surface area contributed by atoms with E-state index in [0.29, 0.717) is 19.0 Å². The van der Waals surface area contributed by atoms with Crippen LogP contribution in [0.2, 0.25) is 0 Å². The summed E-state index contributed by atoms with van der Waals surface area (Å²) >= 11 is 3.42. The Morgan fingerprint density at radius 3 is 2.58 bits per heavy atom. The maximum absolute atomic E-state index is 9.43. The van der Waals surface area contributed by atoms with Crippen molar-refractivity contribution < 1.29 is 4.74 Å². The van der Waals surface area contributed by atoms with Crippen LogP contribution in [-0.2, 0) is 13.2 Å². The zero-order valence-electron chi connectivity index (χ0n) is 14.7. The summed E-state index contributed by atoms with van der Waals surface area (Å²) in [5.74, 6) is 0.577. The molecule has 0 saturated heterocycles. The predicted molar refractivity (Wildman–Crippen MR) is 105 cm³/mol. The fourth-order valence-corrected chi connectivity index (χ4v) is 2.96. The Kier molecular flexibility index (Phi) is 5.29. The van der Waals surface area contributed by atoms with Gasteiger partial charge in [0.25, 0.3) is 5.88 Å². The second kappa shape index (κ2) is 7.63. The second-order valence-electron chi connectivity index (χ2n) is 6.18. The van der Waals surface area contributed by atoms with Crippen molar-refractivity contribution in [2.75, 3.05) is 5.73 Å². The Morgan fingerprint density at radius 2 is 1.92 bits per heavy atom. The fourth-order valence-electron chi connectivity index (χ4n) is 2.70. The van der Waals surface area contributed by atoms with Crippen molar-refractivity contribution in [2.45, 2.75) is 27.0 Å². The molecule has 0 atom stereocenters. The summed E-state index contributed by atoms with van der Waals surface area (Å²) in [6.07, 6.45) is 0. The van der Waals surface area contributed by atoms with Crippen LogP contribution in [0.3, 0.4) is 0 Å². The van der Waals surface area contributed by atoms with Crippen LogP contribution in [0.4, 0.5) is 5.82 Å². The van der Waals surface area contributed by atoms with E-state index in [-0.39, 0.29) is 11.4 Å². The lowest BCUT2D eigenvalue weighted by Crippen LogP contribution is -2.06. The molecule has 0 saturated carbocycles. The zero-order valence-corrected chi connectivity index (χ0v) is 16.2. The average Bonchev–Trinajstić information content (AvgIpc) is 2.91. The minimum absolute atomic E-state index is 0.266. The zero-order chi connectivity index (χ0) is 18.7. The van der Waals surface area contributed by atoms with Crippen molar-refractivity contribution in [2.24, 2.45) is 0 Å². The Morgan fingerprint density at radius 1 is 1.19 bits per heavy atom. The van der Waals surface area contributed by atoms with Crippen LogP contribution < -0.4 is 10.5 Å². The molecule has 5 nitrogen and oxygen atoms in total. The molecule has 0 radical (unpaired) electrons. The van der Waals surface area contributed by atoms with Crippen molar-refractivity contribution in [1.29, 1.82) is 5.26 Å². The molecule has 26 heavy (non-hydrogen) atoms. The van der Waals surface area contributed by atoms with Crippen LogP contribution in [0.15, 0.2) is 46.9 Å². The number of nitrogens with zero attached hydrogens (tertiary/aromatic N) is 3. The van der Waals surface area contributed by atoms with Crippen LogP contribution in [0, 0.1) is 25.2 Å². The highest BCUT2D eigenvalue weighted by molar-refractivity contribution is 9.10. The molecule has 0 unspecified atom stereocenters. The number of aryl methyl sites for hydroxylation is 2. The standard InChI is InChI=1S/C20H19BrN4O/c1-13-3-6-16(14(2)9-13)12-26-20-18(10-22)19(23)25(24-20)11-15-4-7-17(21)8-5-15/h3-9H,11-12,23H2,1-2H3. The molecule has 2 N–H and O–H groups in total. The number of halogens is 1. The minimum atomic E-state index is 0.266. The molecule has 0 amide bonds. The van der Waals surface area contributed by atoms with Crippen LogP contribution in [-0.4, -0.2) is 9.78 Å².